The summed E-state index contributed by atoms with van der Waals surface area (Å²) in [4.78, 5) is 4.44. The number of hydrogen-bond acceptors (Lipinski definition) is 3. The van der Waals surface area contributed by atoms with Crippen LogP contribution in [-0.2, 0) is 7.05 Å². The van der Waals surface area contributed by atoms with Gasteiger partial charge in [-0.15, -0.1) is 0 Å². The summed E-state index contributed by atoms with van der Waals surface area (Å²) in [7, 11) is 1.94. The van der Waals surface area contributed by atoms with Crippen molar-refractivity contribution in [2.45, 2.75) is 6.92 Å². The van der Waals surface area contributed by atoms with Crippen molar-refractivity contribution in [3.05, 3.63) is 54.4 Å². The van der Waals surface area contributed by atoms with E-state index in [1.54, 1.807) is 12.4 Å². The van der Waals surface area contributed by atoms with Gasteiger partial charge in [0, 0.05) is 17.6 Å². The van der Waals surface area contributed by atoms with Gasteiger partial charge in [-0.1, -0.05) is 10.7 Å². The predicted molar refractivity (Wildman–Crippen MR) is 80.7 cm³/mol. The van der Waals surface area contributed by atoms with Gasteiger partial charge in [0.05, 0.1) is 11.8 Å². The minimum absolute atomic E-state index is 0.811. The van der Waals surface area contributed by atoms with Crippen LogP contribution >= 0.6 is 0 Å². The predicted octanol–water partition coefficient (Wildman–Crippen LogP) is 3.18. The smallest absolute Gasteiger partial charge is 0.242 e. The van der Waals surface area contributed by atoms with Crippen LogP contribution in [0, 0.1) is 6.92 Å². The molecule has 4 rings (SSSR count). The van der Waals surface area contributed by atoms with Crippen molar-refractivity contribution >= 4 is 22.1 Å². The molecule has 0 aliphatic carbocycles. The van der Waals surface area contributed by atoms with E-state index in [-0.39, 0.29) is 0 Å². The van der Waals surface area contributed by atoms with Crippen molar-refractivity contribution in [2.75, 3.05) is 0 Å². The SMILES string of the molecule is Cc1ccc2c(oc3cccnc32)c1-c1cccn[n+]1C. The first kappa shape index (κ1) is 12.0. The summed E-state index contributed by atoms with van der Waals surface area (Å²) in [6.07, 6.45) is 3.57. The average molecular weight is 276 g/mol. The fourth-order valence-electron chi connectivity index (χ4n) is 2.76. The van der Waals surface area contributed by atoms with Crippen LogP contribution in [-0.4, -0.2) is 10.1 Å². The highest BCUT2D eigenvalue weighted by molar-refractivity contribution is 6.07. The van der Waals surface area contributed by atoms with E-state index in [9.17, 15) is 0 Å². The van der Waals surface area contributed by atoms with Crippen LogP contribution in [0.3, 0.4) is 0 Å². The van der Waals surface area contributed by atoms with E-state index in [2.05, 4.69) is 35.2 Å². The third-order valence-electron chi connectivity index (χ3n) is 3.79. The van der Waals surface area contributed by atoms with Crippen molar-refractivity contribution < 1.29 is 9.10 Å². The Bertz CT molecular complexity index is 972. The quantitative estimate of drug-likeness (QED) is 0.501. The number of hydrogen-bond donors (Lipinski definition) is 0. The minimum atomic E-state index is 0.811. The van der Waals surface area contributed by atoms with Crippen LogP contribution in [0.2, 0.25) is 0 Å². The van der Waals surface area contributed by atoms with Crippen LogP contribution < -0.4 is 4.68 Å². The number of fused-ring (bicyclic) bond motifs is 3. The van der Waals surface area contributed by atoms with Gasteiger partial charge in [0.2, 0.25) is 5.69 Å². The Labute approximate surface area is 121 Å². The molecule has 3 aromatic heterocycles. The van der Waals surface area contributed by atoms with Crippen molar-refractivity contribution in [3.63, 3.8) is 0 Å². The van der Waals surface area contributed by atoms with E-state index in [4.69, 9.17) is 4.42 Å². The number of benzene rings is 1. The van der Waals surface area contributed by atoms with Gasteiger partial charge < -0.3 is 4.42 Å². The molecule has 0 atom stereocenters. The number of pyridine rings is 1. The third kappa shape index (κ3) is 1.72. The second kappa shape index (κ2) is 4.38. The molecular weight excluding hydrogens is 262 g/mol. The molecule has 102 valence electrons. The molecule has 3 heterocycles. The highest BCUT2D eigenvalue weighted by Gasteiger charge is 2.20. The Balaban J connectivity index is 2.18. The molecule has 4 nitrogen and oxygen atoms in total. The standard InChI is InChI=1S/C17H14N3O/c1-11-7-8-12-16-14(6-4-9-18-16)21-17(12)15(11)13-5-3-10-19-20(13)2/h3-10H,1-2H3/q+1. The molecule has 4 heteroatoms. The van der Waals surface area contributed by atoms with Gasteiger partial charge in [0.25, 0.3) is 0 Å². The van der Waals surface area contributed by atoms with Gasteiger partial charge in [-0.2, -0.15) is 0 Å². The molecular formula is C17H14N3O+. The largest absolute Gasteiger partial charge is 0.453 e. The normalized spacial score (nSPS) is 11.3. The zero-order valence-electron chi connectivity index (χ0n) is 11.9. The van der Waals surface area contributed by atoms with E-state index >= 15 is 0 Å². The average Bonchev–Trinajstić information content (AvgIpc) is 2.87. The lowest BCUT2D eigenvalue weighted by Gasteiger charge is -2.03. The van der Waals surface area contributed by atoms with Crippen LogP contribution in [0.15, 0.2) is 53.2 Å². The van der Waals surface area contributed by atoms with E-state index in [0.717, 1.165) is 38.9 Å². The van der Waals surface area contributed by atoms with Crippen LogP contribution in [0.1, 0.15) is 5.56 Å². The first-order valence-corrected chi connectivity index (χ1v) is 6.84. The Morgan fingerprint density at radius 2 is 1.90 bits per heavy atom. The van der Waals surface area contributed by atoms with E-state index in [1.807, 2.05) is 29.9 Å². The van der Waals surface area contributed by atoms with E-state index in [0.29, 0.717) is 0 Å². The van der Waals surface area contributed by atoms with Gasteiger partial charge in [-0.05, 0) is 41.9 Å². The molecule has 0 fully saturated rings. The maximum absolute atomic E-state index is 6.07. The zero-order valence-corrected chi connectivity index (χ0v) is 11.9. The van der Waals surface area contributed by atoms with Crippen LogP contribution in [0.25, 0.3) is 33.3 Å². The summed E-state index contributed by atoms with van der Waals surface area (Å²) >= 11 is 0. The molecule has 0 saturated carbocycles. The maximum Gasteiger partial charge on any atom is 0.242 e. The summed E-state index contributed by atoms with van der Waals surface area (Å²) in [5.41, 5.74) is 5.84. The Hall–Kier alpha value is -2.75. The van der Waals surface area contributed by atoms with Gasteiger partial charge in [-0.3, -0.25) is 4.98 Å². The fourth-order valence-corrected chi connectivity index (χ4v) is 2.76. The fraction of sp³-hybridized carbons (Fsp3) is 0.118. The van der Waals surface area contributed by atoms with Crippen LogP contribution in [0.4, 0.5) is 0 Å². The highest BCUT2D eigenvalue weighted by Crippen LogP contribution is 2.35. The Kier molecular flexibility index (Phi) is 2.51. The molecule has 21 heavy (non-hydrogen) atoms. The van der Waals surface area contributed by atoms with Crippen molar-refractivity contribution in [1.82, 2.24) is 10.1 Å². The van der Waals surface area contributed by atoms with Crippen molar-refractivity contribution in [2.24, 2.45) is 7.05 Å². The summed E-state index contributed by atoms with van der Waals surface area (Å²) in [5, 5.41) is 5.35. The molecule has 4 aromatic rings. The molecule has 0 amide bonds. The lowest BCUT2D eigenvalue weighted by atomic mass is 10.0. The molecule has 0 radical (unpaired) electrons. The molecule has 0 aliphatic rings. The second-order valence-electron chi connectivity index (χ2n) is 5.12. The lowest BCUT2D eigenvalue weighted by molar-refractivity contribution is -0.720. The minimum Gasteiger partial charge on any atom is -0.453 e. The van der Waals surface area contributed by atoms with Gasteiger partial charge in [0.1, 0.15) is 5.52 Å². The molecule has 0 aliphatic heterocycles. The molecule has 1 aromatic carbocycles. The number of aromatic nitrogens is 3. The van der Waals surface area contributed by atoms with Crippen LogP contribution in [0.5, 0.6) is 0 Å². The van der Waals surface area contributed by atoms with Gasteiger partial charge in [0.15, 0.2) is 18.2 Å². The summed E-state index contributed by atoms with van der Waals surface area (Å²) in [6.45, 7) is 2.09. The number of furan rings is 1. The highest BCUT2D eigenvalue weighted by atomic mass is 16.3. The topological polar surface area (TPSA) is 42.8 Å². The summed E-state index contributed by atoms with van der Waals surface area (Å²) in [5.74, 6) is 0. The molecule has 0 bridgehead atoms. The Morgan fingerprint density at radius 3 is 2.76 bits per heavy atom. The molecule has 0 unspecified atom stereocenters. The zero-order chi connectivity index (χ0) is 14.4. The number of nitrogens with zero attached hydrogens (tertiary/aromatic N) is 3. The summed E-state index contributed by atoms with van der Waals surface area (Å²) < 4.78 is 7.93. The van der Waals surface area contributed by atoms with Gasteiger partial charge >= 0.3 is 0 Å². The second-order valence-corrected chi connectivity index (χ2v) is 5.12. The molecule has 0 saturated heterocycles. The monoisotopic (exact) mass is 276 g/mol. The van der Waals surface area contributed by atoms with Crippen molar-refractivity contribution in [1.29, 1.82) is 0 Å². The lowest BCUT2D eigenvalue weighted by Crippen LogP contribution is -2.35. The molecule has 0 N–H and O–H groups in total. The van der Waals surface area contributed by atoms with E-state index < -0.39 is 0 Å². The molecule has 0 spiro atoms. The third-order valence-corrected chi connectivity index (χ3v) is 3.79. The van der Waals surface area contributed by atoms with E-state index in [1.165, 1.54) is 0 Å². The number of aryl methyl sites for hydroxylation is 2. The first-order chi connectivity index (χ1) is 10.3. The van der Waals surface area contributed by atoms with Crippen molar-refractivity contribution in [3.8, 4) is 11.3 Å². The van der Waals surface area contributed by atoms with Gasteiger partial charge in [-0.25, -0.2) is 0 Å². The maximum atomic E-state index is 6.07. The Morgan fingerprint density at radius 1 is 1.05 bits per heavy atom. The first-order valence-electron chi connectivity index (χ1n) is 6.84. The number of rotatable bonds is 1. The summed E-state index contributed by atoms with van der Waals surface area (Å²) in [6, 6.07) is 12.0.